The number of hydrogen-bond donors (Lipinski definition) is 2. The van der Waals surface area contributed by atoms with E-state index in [2.05, 4.69) is 31.0 Å². The van der Waals surface area contributed by atoms with Crippen LogP contribution in [0, 0.1) is 0 Å². The van der Waals surface area contributed by atoms with Crippen molar-refractivity contribution in [1.29, 1.82) is 0 Å². The molecule has 3 N–H and O–H groups in total. The third-order valence-electron chi connectivity index (χ3n) is 2.11. The van der Waals surface area contributed by atoms with E-state index in [-0.39, 0.29) is 11.0 Å². The molecule has 3 heteroatoms. The number of hydrogen-bond acceptors (Lipinski definition) is 2. The standard InChI is InChI=1S/C11H21N3/c1-10(2,3)9-8(7-13-14-9)6-11(4,5)12/h7H,6,12H2,1-5H3,(H,13,14). The summed E-state index contributed by atoms with van der Waals surface area (Å²) in [5.74, 6) is 0. The van der Waals surface area contributed by atoms with Crippen LogP contribution in [0.3, 0.4) is 0 Å². The molecule has 0 fully saturated rings. The van der Waals surface area contributed by atoms with Gasteiger partial charge < -0.3 is 5.73 Å². The number of nitrogens with one attached hydrogen (secondary N) is 1. The van der Waals surface area contributed by atoms with Gasteiger partial charge in [-0.15, -0.1) is 0 Å². The fraction of sp³-hybridized carbons (Fsp3) is 0.727. The molecule has 1 aromatic heterocycles. The number of aromatic amines is 1. The first kappa shape index (κ1) is 11.2. The van der Waals surface area contributed by atoms with E-state index in [9.17, 15) is 0 Å². The van der Waals surface area contributed by atoms with Crippen molar-refractivity contribution in [1.82, 2.24) is 10.2 Å². The summed E-state index contributed by atoms with van der Waals surface area (Å²) in [6.45, 7) is 10.6. The molecule has 0 bridgehead atoms. The average molecular weight is 195 g/mol. The molecule has 80 valence electrons. The molecule has 0 saturated heterocycles. The van der Waals surface area contributed by atoms with Crippen LogP contribution >= 0.6 is 0 Å². The van der Waals surface area contributed by atoms with Gasteiger partial charge in [0.05, 0.1) is 6.20 Å². The highest BCUT2D eigenvalue weighted by Gasteiger charge is 2.23. The van der Waals surface area contributed by atoms with Gasteiger partial charge in [-0.1, -0.05) is 20.8 Å². The Kier molecular flexibility index (Phi) is 2.72. The summed E-state index contributed by atoms with van der Waals surface area (Å²) < 4.78 is 0. The van der Waals surface area contributed by atoms with Crippen LogP contribution in [0.5, 0.6) is 0 Å². The van der Waals surface area contributed by atoms with Crippen LogP contribution < -0.4 is 5.73 Å². The molecular formula is C11H21N3. The first-order valence-electron chi connectivity index (χ1n) is 5.02. The Bertz CT molecular complexity index is 299. The van der Waals surface area contributed by atoms with Gasteiger partial charge >= 0.3 is 0 Å². The van der Waals surface area contributed by atoms with E-state index in [0.29, 0.717) is 0 Å². The Hall–Kier alpha value is -0.830. The molecule has 14 heavy (non-hydrogen) atoms. The maximum Gasteiger partial charge on any atom is 0.0523 e. The second-order valence-electron chi connectivity index (χ2n) is 5.69. The fourth-order valence-electron chi connectivity index (χ4n) is 1.59. The van der Waals surface area contributed by atoms with Gasteiger partial charge in [0.2, 0.25) is 0 Å². The smallest absolute Gasteiger partial charge is 0.0523 e. The van der Waals surface area contributed by atoms with Crippen LogP contribution in [-0.2, 0) is 11.8 Å². The van der Waals surface area contributed by atoms with E-state index in [0.717, 1.165) is 6.42 Å². The topological polar surface area (TPSA) is 54.7 Å². The molecule has 0 radical (unpaired) electrons. The van der Waals surface area contributed by atoms with E-state index < -0.39 is 0 Å². The molecule has 0 spiro atoms. The summed E-state index contributed by atoms with van der Waals surface area (Å²) in [5.41, 5.74) is 8.35. The molecule has 1 rings (SSSR count). The van der Waals surface area contributed by atoms with Gasteiger partial charge in [-0.2, -0.15) is 5.10 Å². The summed E-state index contributed by atoms with van der Waals surface area (Å²) in [4.78, 5) is 0. The number of H-pyrrole nitrogens is 1. The third-order valence-corrected chi connectivity index (χ3v) is 2.11. The number of nitrogens with two attached hydrogens (primary N) is 1. The van der Waals surface area contributed by atoms with Gasteiger partial charge in [0.15, 0.2) is 0 Å². The fourth-order valence-corrected chi connectivity index (χ4v) is 1.59. The zero-order chi connectivity index (χ0) is 11.0. The van der Waals surface area contributed by atoms with Gasteiger partial charge in [-0.05, 0) is 25.8 Å². The predicted molar refractivity (Wildman–Crippen MR) is 59.3 cm³/mol. The van der Waals surface area contributed by atoms with Crippen molar-refractivity contribution in [2.45, 2.75) is 52.0 Å². The van der Waals surface area contributed by atoms with Crippen molar-refractivity contribution in [3.8, 4) is 0 Å². The molecule has 1 heterocycles. The molecule has 3 nitrogen and oxygen atoms in total. The minimum absolute atomic E-state index is 0.108. The van der Waals surface area contributed by atoms with Crippen LogP contribution in [-0.4, -0.2) is 15.7 Å². The summed E-state index contributed by atoms with van der Waals surface area (Å²) in [7, 11) is 0. The normalized spacial score (nSPS) is 13.3. The molecule has 1 aromatic rings. The second-order valence-corrected chi connectivity index (χ2v) is 5.69. The highest BCUT2D eigenvalue weighted by molar-refractivity contribution is 5.25. The zero-order valence-electron chi connectivity index (χ0n) is 9.81. The molecule has 0 unspecified atom stereocenters. The van der Waals surface area contributed by atoms with Crippen LogP contribution in [0.4, 0.5) is 0 Å². The largest absolute Gasteiger partial charge is 0.325 e. The average Bonchev–Trinajstić information content (AvgIpc) is 2.29. The Morgan fingerprint density at radius 3 is 2.29 bits per heavy atom. The quantitative estimate of drug-likeness (QED) is 0.758. The van der Waals surface area contributed by atoms with Crippen molar-refractivity contribution in [3.05, 3.63) is 17.5 Å². The second kappa shape index (κ2) is 3.39. The molecular weight excluding hydrogens is 174 g/mol. The Morgan fingerprint density at radius 2 is 1.86 bits per heavy atom. The van der Waals surface area contributed by atoms with Crippen molar-refractivity contribution >= 4 is 0 Å². The number of aromatic nitrogens is 2. The minimum Gasteiger partial charge on any atom is -0.325 e. The molecule has 0 aromatic carbocycles. The number of rotatable bonds is 2. The van der Waals surface area contributed by atoms with Gasteiger partial charge in [-0.3, -0.25) is 5.10 Å². The van der Waals surface area contributed by atoms with Crippen molar-refractivity contribution in [2.24, 2.45) is 5.73 Å². The molecule has 0 aliphatic heterocycles. The maximum absolute atomic E-state index is 6.00. The summed E-state index contributed by atoms with van der Waals surface area (Å²) in [6, 6.07) is 0. The van der Waals surface area contributed by atoms with Crippen molar-refractivity contribution < 1.29 is 0 Å². The van der Waals surface area contributed by atoms with E-state index >= 15 is 0 Å². The lowest BCUT2D eigenvalue weighted by Gasteiger charge is -2.22. The molecule has 0 atom stereocenters. The van der Waals surface area contributed by atoms with Crippen LogP contribution in [0.2, 0.25) is 0 Å². The van der Waals surface area contributed by atoms with Crippen LogP contribution in [0.1, 0.15) is 45.9 Å². The minimum atomic E-state index is -0.177. The van der Waals surface area contributed by atoms with Crippen molar-refractivity contribution in [3.63, 3.8) is 0 Å². The van der Waals surface area contributed by atoms with Crippen LogP contribution in [0.15, 0.2) is 6.20 Å². The first-order valence-corrected chi connectivity index (χ1v) is 5.02. The predicted octanol–water partition coefficient (Wildman–Crippen LogP) is 1.99. The molecule has 0 amide bonds. The van der Waals surface area contributed by atoms with E-state index in [1.807, 2.05) is 20.0 Å². The lowest BCUT2D eigenvalue weighted by molar-refractivity contribution is 0.500. The highest BCUT2D eigenvalue weighted by atomic mass is 15.1. The third kappa shape index (κ3) is 2.84. The van der Waals surface area contributed by atoms with Crippen molar-refractivity contribution in [2.75, 3.05) is 0 Å². The van der Waals surface area contributed by atoms with Gasteiger partial charge in [0, 0.05) is 16.6 Å². The summed E-state index contributed by atoms with van der Waals surface area (Å²) >= 11 is 0. The Morgan fingerprint density at radius 1 is 1.29 bits per heavy atom. The van der Waals surface area contributed by atoms with Crippen LogP contribution in [0.25, 0.3) is 0 Å². The van der Waals surface area contributed by atoms with Gasteiger partial charge in [0.25, 0.3) is 0 Å². The maximum atomic E-state index is 6.00. The SMILES string of the molecule is CC(C)(N)Cc1cn[nH]c1C(C)(C)C. The lowest BCUT2D eigenvalue weighted by atomic mass is 9.86. The lowest BCUT2D eigenvalue weighted by Crippen LogP contribution is -2.35. The van der Waals surface area contributed by atoms with Gasteiger partial charge in [0.1, 0.15) is 0 Å². The van der Waals surface area contributed by atoms with Gasteiger partial charge in [-0.25, -0.2) is 0 Å². The zero-order valence-corrected chi connectivity index (χ0v) is 9.81. The van der Waals surface area contributed by atoms with E-state index in [1.54, 1.807) is 0 Å². The van der Waals surface area contributed by atoms with E-state index in [4.69, 9.17) is 5.73 Å². The Balaban J connectivity index is 2.95. The molecule has 0 aliphatic carbocycles. The monoisotopic (exact) mass is 195 g/mol. The summed E-state index contributed by atoms with van der Waals surface area (Å²) in [5, 5.41) is 7.15. The van der Waals surface area contributed by atoms with E-state index in [1.165, 1.54) is 11.3 Å². The summed E-state index contributed by atoms with van der Waals surface area (Å²) in [6.07, 6.45) is 2.74. The molecule has 0 aliphatic rings. The molecule has 0 saturated carbocycles. The highest BCUT2D eigenvalue weighted by Crippen LogP contribution is 2.25. The first-order chi connectivity index (χ1) is 6.20. The number of nitrogens with zero attached hydrogens (tertiary/aromatic N) is 1. The Labute approximate surface area is 86.1 Å².